The minimum Gasteiger partial charge on any atom is -0.341 e. The molecule has 1 amide bonds. The number of Topliss-reactive ketones (excluding diaryl/α,β-unsaturated/α-hetero) is 1. The molecule has 19 heavy (non-hydrogen) atoms. The minimum atomic E-state index is 0.0751. The van der Waals surface area contributed by atoms with E-state index in [1.54, 1.807) is 4.90 Å². The van der Waals surface area contributed by atoms with Crippen molar-refractivity contribution < 1.29 is 9.59 Å². The van der Waals surface area contributed by atoms with Gasteiger partial charge in [-0.15, -0.1) is 0 Å². The number of ketones is 1. The van der Waals surface area contributed by atoms with E-state index in [1.165, 1.54) is 0 Å². The van der Waals surface area contributed by atoms with Crippen LogP contribution in [-0.2, 0) is 9.59 Å². The average Bonchev–Trinajstić information content (AvgIpc) is 2.36. The van der Waals surface area contributed by atoms with Crippen LogP contribution in [0.5, 0.6) is 0 Å². The number of rotatable bonds is 6. The highest BCUT2D eigenvalue weighted by molar-refractivity contribution is 5.84. The molecular formula is C14H23N3O2. The molecular weight excluding hydrogens is 242 g/mol. The van der Waals surface area contributed by atoms with Crippen molar-refractivity contribution in [2.75, 3.05) is 32.7 Å². The molecule has 0 aromatic heterocycles. The molecule has 0 spiro atoms. The van der Waals surface area contributed by atoms with Crippen LogP contribution in [0.15, 0.2) is 0 Å². The molecule has 1 rings (SSSR count). The standard InChI is InChI=1S/C14H23N3O2/c1-12(2)10-16(7-3-6-15)11-14(19)17-8-4-13(18)5-9-17/h12H,3-5,7-11H2,1-2H3. The first kappa shape index (κ1) is 15.6. The van der Waals surface area contributed by atoms with E-state index in [0.717, 1.165) is 6.54 Å². The second-order valence-corrected chi connectivity index (χ2v) is 5.46. The minimum absolute atomic E-state index is 0.0751. The number of hydrogen-bond acceptors (Lipinski definition) is 4. The Kier molecular flexibility index (Phi) is 6.51. The molecule has 0 radical (unpaired) electrons. The molecule has 106 valence electrons. The first-order valence-electron chi connectivity index (χ1n) is 6.91. The number of carbonyl (C=O) groups is 2. The van der Waals surface area contributed by atoms with Crippen molar-refractivity contribution in [1.82, 2.24) is 9.80 Å². The van der Waals surface area contributed by atoms with Crippen LogP contribution >= 0.6 is 0 Å². The zero-order chi connectivity index (χ0) is 14.3. The molecule has 1 aliphatic heterocycles. The molecule has 0 saturated carbocycles. The van der Waals surface area contributed by atoms with Crippen LogP contribution in [0.4, 0.5) is 0 Å². The molecule has 0 bridgehead atoms. The van der Waals surface area contributed by atoms with E-state index in [1.807, 2.05) is 4.90 Å². The molecule has 1 heterocycles. The number of nitriles is 1. The van der Waals surface area contributed by atoms with Gasteiger partial charge in [-0.3, -0.25) is 14.5 Å². The van der Waals surface area contributed by atoms with Crippen LogP contribution in [0.2, 0.25) is 0 Å². The maximum absolute atomic E-state index is 12.1. The van der Waals surface area contributed by atoms with E-state index in [9.17, 15) is 9.59 Å². The highest BCUT2D eigenvalue weighted by Crippen LogP contribution is 2.08. The summed E-state index contributed by atoms with van der Waals surface area (Å²) in [7, 11) is 0. The van der Waals surface area contributed by atoms with Gasteiger partial charge >= 0.3 is 0 Å². The smallest absolute Gasteiger partial charge is 0.236 e. The van der Waals surface area contributed by atoms with Gasteiger partial charge < -0.3 is 4.90 Å². The molecule has 1 fully saturated rings. The second-order valence-electron chi connectivity index (χ2n) is 5.46. The van der Waals surface area contributed by atoms with E-state index < -0.39 is 0 Å². The predicted octanol–water partition coefficient (Wildman–Crippen LogP) is 1.05. The summed E-state index contributed by atoms with van der Waals surface area (Å²) in [5, 5.41) is 8.65. The summed E-state index contributed by atoms with van der Waals surface area (Å²) in [4.78, 5) is 27.1. The fourth-order valence-electron chi connectivity index (χ4n) is 2.26. The van der Waals surface area contributed by atoms with Gasteiger partial charge in [0.1, 0.15) is 5.78 Å². The quantitative estimate of drug-likeness (QED) is 0.720. The Bertz CT molecular complexity index is 350. The normalized spacial score (nSPS) is 15.9. The Morgan fingerprint density at radius 2 is 2.05 bits per heavy atom. The molecule has 0 atom stereocenters. The summed E-state index contributed by atoms with van der Waals surface area (Å²) in [6.45, 7) is 7.10. The topological polar surface area (TPSA) is 64.4 Å². The third kappa shape index (κ3) is 5.84. The Morgan fingerprint density at radius 1 is 1.42 bits per heavy atom. The zero-order valence-corrected chi connectivity index (χ0v) is 11.9. The van der Waals surface area contributed by atoms with Gasteiger partial charge in [0.05, 0.1) is 12.6 Å². The molecule has 1 aliphatic rings. The fourth-order valence-corrected chi connectivity index (χ4v) is 2.26. The number of piperidine rings is 1. The Hall–Kier alpha value is -1.41. The predicted molar refractivity (Wildman–Crippen MR) is 72.3 cm³/mol. The van der Waals surface area contributed by atoms with Gasteiger partial charge in [0.15, 0.2) is 0 Å². The van der Waals surface area contributed by atoms with E-state index in [-0.39, 0.29) is 11.7 Å². The van der Waals surface area contributed by atoms with Gasteiger partial charge in [0.25, 0.3) is 0 Å². The average molecular weight is 265 g/mol. The number of carbonyl (C=O) groups excluding carboxylic acids is 2. The molecule has 0 aromatic carbocycles. The summed E-state index contributed by atoms with van der Waals surface area (Å²) < 4.78 is 0. The number of likely N-dealkylation sites (tertiary alicyclic amines) is 1. The van der Waals surface area contributed by atoms with E-state index in [2.05, 4.69) is 19.9 Å². The summed E-state index contributed by atoms with van der Waals surface area (Å²) in [6, 6.07) is 2.12. The van der Waals surface area contributed by atoms with Gasteiger partial charge in [0, 0.05) is 45.4 Å². The van der Waals surface area contributed by atoms with Gasteiger partial charge in [-0.25, -0.2) is 0 Å². The first-order valence-corrected chi connectivity index (χ1v) is 6.91. The molecule has 0 N–H and O–H groups in total. The van der Waals surface area contributed by atoms with E-state index in [4.69, 9.17) is 5.26 Å². The Balaban J connectivity index is 2.45. The Morgan fingerprint density at radius 3 is 2.58 bits per heavy atom. The van der Waals surface area contributed by atoms with Crippen LogP contribution in [0.3, 0.4) is 0 Å². The lowest BCUT2D eigenvalue weighted by molar-refractivity contribution is -0.135. The van der Waals surface area contributed by atoms with Gasteiger partial charge in [-0.05, 0) is 5.92 Å². The molecule has 5 nitrogen and oxygen atoms in total. The molecule has 1 saturated heterocycles. The van der Waals surface area contributed by atoms with Crippen LogP contribution < -0.4 is 0 Å². The molecule has 0 unspecified atom stereocenters. The van der Waals surface area contributed by atoms with Crippen LogP contribution in [-0.4, -0.2) is 54.2 Å². The van der Waals surface area contributed by atoms with Crippen molar-refractivity contribution >= 4 is 11.7 Å². The highest BCUT2D eigenvalue weighted by Gasteiger charge is 2.22. The van der Waals surface area contributed by atoms with Crippen molar-refractivity contribution in [2.24, 2.45) is 5.92 Å². The first-order chi connectivity index (χ1) is 9.02. The summed E-state index contributed by atoms with van der Waals surface area (Å²) in [5.74, 6) is 0.785. The maximum atomic E-state index is 12.1. The monoisotopic (exact) mass is 265 g/mol. The summed E-state index contributed by atoms with van der Waals surface area (Å²) in [5.41, 5.74) is 0. The lowest BCUT2D eigenvalue weighted by Gasteiger charge is -2.30. The van der Waals surface area contributed by atoms with Gasteiger partial charge in [0.2, 0.25) is 5.91 Å². The largest absolute Gasteiger partial charge is 0.341 e. The second kappa shape index (κ2) is 7.90. The van der Waals surface area contributed by atoms with Crippen molar-refractivity contribution in [3.05, 3.63) is 0 Å². The van der Waals surface area contributed by atoms with Crippen molar-refractivity contribution in [1.29, 1.82) is 5.26 Å². The van der Waals surface area contributed by atoms with E-state index >= 15 is 0 Å². The van der Waals surface area contributed by atoms with Crippen LogP contribution in [0.25, 0.3) is 0 Å². The van der Waals surface area contributed by atoms with E-state index in [0.29, 0.717) is 51.4 Å². The van der Waals surface area contributed by atoms with Crippen molar-refractivity contribution in [2.45, 2.75) is 33.1 Å². The van der Waals surface area contributed by atoms with Crippen molar-refractivity contribution in [3.63, 3.8) is 0 Å². The molecule has 0 aromatic rings. The lowest BCUT2D eigenvalue weighted by atomic mass is 10.1. The maximum Gasteiger partial charge on any atom is 0.236 e. The van der Waals surface area contributed by atoms with Crippen LogP contribution in [0, 0.1) is 17.2 Å². The van der Waals surface area contributed by atoms with Gasteiger partial charge in [-0.2, -0.15) is 5.26 Å². The third-order valence-corrected chi connectivity index (χ3v) is 3.20. The summed E-state index contributed by atoms with van der Waals surface area (Å²) in [6.07, 6.45) is 1.40. The number of hydrogen-bond donors (Lipinski definition) is 0. The van der Waals surface area contributed by atoms with Crippen LogP contribution in [0.1, 0.15) is 33.1 Å². The Labute approximate surface area is 115 Å². The highest BCUT2D eigenvalue weighted by atomic mass is 16.2. The summed E-state index contributed by atoms with van der Waals surface area (Å²) >= 11 is 0. The van der Waals surface area contributed by atoms with Crippen molar-refractivity contribution in [3.8, 4) is 6.07 Å². The third-order valence-electron chi connectivity index (χ3n) is 3.20. The lowest BCUT2D eigenvalue weighted by Crippen LogP contribution is -2.45. The van der Waals surface area contributed by atoms with Gasteiger partial charge in [-0.1, -0.05) is 13.8 Å². The number of amides is 1. The molecule has 5 heteroatoms. The number of nitrogens with zero attached hydrogens (tertiary/aromatic N) is 3. The fraction of sp³-hybridized carbons (Fsp3) is 0.786. The molecule has 0 aliphatic carbocycles. The SMILES string of the molecule is CC(C)CN(CCC#N)CC(=O)N1CCC(=O)CC1. The zero-order valence-electron chi connectivity index (χ0n) is 11.9.